The van der Waals surface area contributed by atoms with Crippen molar-refractivity contribution in [1.29, 1.82) is 0 Å². The van der Waals surface area contributed by atoms with E-state index in [4.69, 9.17) is 0 Å². The van der Waals surface area contributed by atoms with Crippen molar-refractivity contribution in [3.05, 3.63) is 66.0 Å². The topological polar surface area (TPSA) is 33.2 Å². The maximum atomic E-state index is 12.6. The minimum absolute atomic E-state index is 0.0104. The van der Waals surface area contributed by atoms with Crippen LogP contribution in [0.4, 0.5) is 0 Å². The zero-order valence-electron chi connectivity index (χ0n) is 12.0. The van der Waals surface area contributed by atoms with Crippen LogP contribution in [0.1, 0.15) is 36.3 Å². The molecule has 1 unspecified atom stereocenters. The molecule has 0 spiro atoms. The monoisotopic (exact) mass is 268 g/mol. The summed E-state index contributed by atoms with van der Waals surface area (Å²) in [6, 6.07) is 15.7. The summed E-state index contributed by atoms with van der Waals surface area (Å²) in [5.41, 5.74) is 1.64. The normalized spacial score (nSPS) is 11.9. The van der Waals surface area contributed by atoms with Gasteiger partial charge >= 0.3 is 0 Å². The molecule has 20 heavy (non-hydrogen) atoms. The maximum absolute atomic E-state index is 12.6. The van der Waals surface area contributed by atoms with E-state index in [1.807, 2.05) is 47.4 Å². The van der Waals surface area contributed by atoms with E-state index in [1.54, 1.807) is 12.3 Å². The van der Waals surface area contributed by atoms with Crippen LogP contribution in [0.25, 0.3) is 0 Å². The lowest BCUT2D eigenvalue weighted by atomic mass is 10.1. The molecule has 1 atom stereocenters. The Morgan fingerprint density at radius 1 is 1.15 bits per heavy atom. The first-order valence-corrected chi connectivity index (χ1v) is 6.98. The number of aromatic nitrogens is 1. The zero-order valence-corrected chi connectivity index (χ0v) is 12.0. The molecular formula is C17H20N2O. The molecule has 0 saturated carbocycles. The molecule has 0 aliphatic rings. The highest BCUT2D eigenvalue weighted by atomic mass is 16.2. The lowest BCUT2D eigenvalue weighted by Gasteiger charge is -2.28. The van der Waals surface area contributed by atoms with Crippen molar-refractivity contribution in [3.63, 3.8) is 0 Å². The van der Waals surface area contributed by atoms with Crippen LogP contribution in [0.2, 0.25) is 0 Å². The molecule has 3 nitrogen and oxygen atoms in total. The minimum Gasteiger partial charge on any atom is -0.330 e. The van der Waals surface area contributed by atoms with Gasteiger partial charge in [0.05, 0.1) is 0 Å². The molecule has 0 saturated heterocycles. The van der Waals surface area contributed by atoms with Crippen LogP contribution in [0.15, 0.2) is 54.7 Å². The molecule has 2 rings (SSSR count). The highest BCUT2D eigenvalue weighted by Gasteiger charge is 2.21. The Bertz CT molecular complexity index is 539. The fourth-order valence-corrected chi connectivity index (χ4v) is 2.06. The predicted octanol–water partition coefficient (Wildman–Crippen LogP) is 3.52. The van der Waals surface area contributed by atoms with E-state index in [1.165, 1.54) is 0 Å². The van der Waals surface area contributed by atoms with Gasteiger partial charge in [0.2, 0.25) is 0 Å². The molecular weight excluding hydrogens is 248 g/mol. The van der Waals surface area contributed by atoms with Crippen molar-refractivity contribution in [2.45, 2.75) is 32.9 Å². The Morgan fingerprint density at radius 3 is 2.45 bits per heavy atom. The molecule has 1 amide bonds. The van der Waals surface area contributed by atoms with Crippen molar-refractivity contribution >= 4 is 5.91 Å². The highest BCUT2D eigenvalue weighted by molar-refractivity contribution is 5.92. The second-order valence-corrected chi connectivity index (χ2v) is 4.89. The van der Waals surface area contributed by atoms with Gasteiger partial charge in [0.1, 0.15) is 5.69 Å². The molecule has 1 aromatic heterocycles. The van der Waals surface area contributed by atoms with E-state index < -0.39 is 0 Å². The van der Waals surface area contributed by atoms with Gasteiger partial charge in [0, 0.05) is 18.8 Å². The van der Waals surface area contributed by atoms with Crippen molar-refractivity contribution in [3.8, 4) is 0 Å². The van der Waals surface area contributed by atoms with Crippen molar-refractivity contribution < 1.29 is 4.79 Å². The van der Waals surface area contributed by atoms with Gasteiger partial charge in [-0.2, -0.15) is 0 Å². The predicted molar refractivity (Wildman–Crippen MR) is 80.3 cm³/mol. The van der Waals surface area contributed by atoms with E-state index in [9.17, 15) is 4.79 Å². The molecule has 0 aliphatic carbocycles. The van der Waals surface area contributed by atoms with E-state index >= 15 is 0 Å². The third-order valence-electron chi connectivity index (χ3n) is 3.46. The van der Waals surface area contributed by atoms with Crippen LogP contribution in [-0.2, 0) is 6.54 Å². The summed E-state index contributed by atoms with van der Waals surface area (Å²) in [6.45, 7) is 4.78. The third kappa shape index (κ3) is 3.44. The summed E-state index contributed by atoms with van der Waals surface area (Å²) in [5.74, 6) is -0.0104. The second-order valence-electron chi connectivity index (χ2n) is 4.89. The van der Waals surface area contributed by atoms with Crippen molar-refractivity contribution in [2.75, 3.05) is 0 Å². The first kappa shape index (κ1) is 14.3. The first-order chi connectivity index (χ1) is 9.72. The molecule has 2 aromatic rings. The molecule has 104 valence electrons. The molecule has 0 fully saturated rings. The van der Waals surface area contributed by atoms with Gasteiger partial charge in [-0.25, -0.2) is 0 Å². The molecule has 0 N–H and O–H groups in total. The van der Waals surface area contributed by atoms with Gasteiger partial charge in [-0.05, 0) is 31.0 Å². The summed E-state index contributed by atoms with van der Waals surface area (Å²) in [7, 11) is 0. The summed E-state index contributed by atoms with van der Waals surface area (Å²) in [6.07, 6.45) is 2.58. The number of amides is 1. The summed E-state index contributed by atoms with van der Waals surface area (Å²) >= 11 is 0. The smallest absolute Gasteiger partial charge is 0.272 e. The Labute approximate surface area is 120 Å². The Balaban J connectivity index is 2.22. The van der Waals surface area contributed by atoms with Crippen LogP contribution >= 0.6 is 0 Å². The van der Waals surface area contributed by atoms with E-state index in [-0.39, 0.29) is 11.9 Å². The minimum atomic E-state index is -0.0104. The number of rotatable bonds is 5. The van der Waals surface area contributed by atoms with E-state index in [0.29, 0.717) is 12.2 Å². The van der Waals surface area contributed by atoms with Crippen LogP contribution in [0.3, 0.4) is 0 Å². The number of hydrogen-bond acceptors (Lipinski definition) is 2. The average Bonchev–Trinajstić information content (AvgIpc) is 2.53. The number of nitrogens with zero attached hydrogens (tertiary/aromatic N) is 2. The Kier molecular flexibility index (Phi) is 4.88. The van der Waals surface area contributed by atoms with Crippen LogP contribution in [-0.4, -0.2) is 21.8 Å². The number of hydrogen-bond donors (Lipinski definition) is 0. The fraction of sp³-hybridized carbons (Fsp3) is 0.294. The lowest BCUT2D eigenvalue weighted by Crippen LogP contribution is -2.38. The zero-order chi connectivity index (χ0) is 14.4. The van der Waals surface area contributed by atoms with Gasteiger partial charge in [-0.1, -0.05) is 43.3 Å². The third-order valence-corrected chi connectivity index (χ3v) is 3.46. The fourth-order valence-electron chi connectivity index (χ4n) is 2.06. The van der Waals surface area contributed by atoms with Gasteiger partial charge in [-0.15, -0.1) is 0 Å². The molecule has 0 radical (unpaired) electrons. The van der Waals surface area contributed by atoms with Gasteiger partial charge in [0.15, 0.2) is 0 Å². The molecule has 1 aromatic carbocycles. The first-order valence-electron chi connectivity index (χ1n) is 6.98. The van der Waals surface area contributed by atoms with Crippen molar-refractivity contribution in [1.82, 2.24) is 9.88 Å². The average molecular weight is 268 g/mol. The van der Waals surface area contributed by atoms with Gasteiger partial charge in [0.25, 0.3) is 5.91 Å². The molecule has 0 aliphatic heterocycles. The maximum Gasteiger partial charge on any atom is 0.272 e. The second kappa shape index (κ2) is 6.85. The standard InChI is InChI=1S/C17H20N2O/c1-3-14(2)19(13-15-9-5-4-6-10-15)17(20)16-11-7-8-12-18-16/h4-12,14H,3,13H2,1-2H3. The summed E-state index contributed by atoms with van der Waals surface area (Å²) in [4.78, 5) is 18.7. The lowest BCUT2D eigenvalue weighted by molar-refractivity contribution is 0.0665. The Morgan fingerprint density at radius 2 is 1.85 bits per heavy atom. The molecule has 0 bridgehead atoms. The van der Waals surface area contributed by atoms with Crippen LogP contribution in [0, 0.1) is 0 Å². The van der Waals surface area contributed by atoms with Gasteiger partial charge < -0.3 is 4.90 Å². The van der Waals surface area contributed by atoms with Crippen LogP contribution < -0.4 is 0 Å². The SMILES string of the molecule is CCC(C)N(Cc1ccccc1)C(=O)c1ccccn1. The number of carbonyl (C=O) groups excluding carboxylic acids is 1. The Hall–Kier alpha value is -2.16. The van der Waals surface area contributed by atoms with Crippen molar-refractivity contribution in [2.24, 2.45) is 0 Å². The van der Waals surface area contributed by atoms with Gasteiger partial charge in [-0.3, -0.25) is 9.78 Å². The number of pyridine rings is 1. The molecule has 3 heteroatoms. The van der Waals surface area contributed by atoms with E-state index in [0.717, 1.165) is 12.0 Å². The number of carbonyl (C=O) groups is 1. The van der Waals surface area contributed by atoms with E-state index in [2.05, 4.69) is 18.8 Å². The summed E-state index contributed by atoms with van der Waals surface area (Å²) in [5, 5.41) is 0. The summed E-state index contributed by atoms with van der Waals surface area (Å²) < 4.78 is 0. The van der Waals surface area contributed by atoms with Crippen LogP contribution in [0.5, 0.6) is 0 Å². The molecule has 1 heterocycles. The number of benzene rings is 1. The largest absolute Gasteiger partial charge is 0.330 e. The quantitative estimate of drug-likeness (QED) is 0.831. The highest BCUT2D eigenvalue weighted by Crippen LogP contribution is 2.14.